The van der Waals surface area contributed by atoms with Crippen molar-refractivity contribution in [2.24, 2.45) is 5.92 Å². The number of amides is 1. The number of allylic oxidation sites excluding steroid dienone is 2. The van der Waals surface area contributed by atoms with Crippen molar-refractivity contribution in [3.8, 4) is 0 Å². The molecule has 0 aromatic rings. The summed E-state index contributed by atoms with van der Waals surface area (Å²) in [6.07, 6.45) is 11.7. The van der Waals surface area contributed by atoms with Gasteiger partial charge < -0.3 is 10.2 Å². The van der Waals surface area contributed by atoms with Crippen LogP contribution in [0.1, 0.15) is 19.3 Å². The average Bonchev–Trinajstić information content (AvgIpc) is 2.84. The van der Waals surface area contributed by atoms with Crippen LogP contribution >= 0.6 is 0 Å². The van der Waals surface area contributed by atoms with E-state index in [0.717, 1.165) is 13.1 Å². The van der Waals surface area contributed by atoms with Crippen LogP contribution in [0, 0.1) is 5.92 Å². The summed E-state index contributed by atoms with van der Waals surface area (Å²) in [6, 6.07) is 0. The Morgan fingerprint density at radius 2 is 1.88 bits per heavy atom. The van der Waals surface area contributed by atoms with Gasteiger partial charge in [-0.2, -0.15) is 0 Å². The molecule has 0 aromatic carbocycles. The molecule has 0 aromatic heterocycles. The van der Waals surface area contributed by atoms with Crippen molar-refractivity contribution in [3.63, 3.8) is 0 Å². The second-order valence-corrected chi connectivity index (χ2v) is 4.49. The van der Waals surface area contributed by atoms with Crippen LogP contribution in [0.25, 0.3) is 0 Å². The molecule has 3 nitrogen and oxygen atoms in total. The van der Waals surface area contributed by atoms with E-state index < -0.39 is 0 Å². The molecule has 16 heavy (non-hydrogen) atoms. The molecule has 2 aliphatic rings. The highest BCUT2D eigenvalue weighted by atomic mass is 16.1. The molecule has 0 bridgehead atoms. The minimum absolute atomic E-state index is 0.0404. The summed E-state index contributed by atoms with van der Waals surface area (Å²) in [5, 5.41) is 2.99. The van der Waals surface area contributed by atoms with Crippen molar-refractivity contribution in [1.29, 1.82) is 0 Å². The highest BCUT2D eigenvalue weighted by Crippen LogP contribution is 2.09. The first-order chi connectivity index (χ1) is 7.86. The molecule has 1 heterocycles. The molecule has 0 unspecified atom stereocenters. The topological polar surface area (TPSA) is 32.3 Å². The Kier molecular flexibility index (Phi) is 4.17. The summed E-state index contributed by atoms with van der Waals surface area (Å²) in [6.45, 7) is 4.15. The molecule has 1 aliphatic heterocycles. The lowest BCUT2D eigenvalue weighted by molar-refractivity contribution is -0.122. The Hall–Kier alpha value is -1.09. The lowest BCUT2D eigenvalue weighted by Crippen LogP contribution is -2.38. The van der Waals surface area contributed by atoms with Gasteiger partial charge in [-0.25, -0.2) is 0 Å². The van der Waals surface area contributed by atoms with Gasteiger partial charge in [0, 0.05) is 13.1 Å². The van der Waals surface area contributed by atoms with Crippen molar-refractivity contribution < 1.29 is 4.79 Å². The number of carbonyl (C=O) groups excluding carboxylic acids is 1. The van der Waals surface area contributed by atoms with Crippen molar-refractivity contribution >= 4 is 5.91 Å². The van der Waals surface area contributed by atoms with E-state index in [1.54, 1.807) is 0 Å². The highest BCUT2D eigenvalue weighted by molar-refractivity contribution is 5.83. The molecule has 88 valence electrons. The average molecular weight is 220 g/mol. The molecule has 3 heteroatoms. The number of hydrogen-bond acceptors (Lipinski definition) is 2. The number of likely N-dealkylation sites (tertiary alicyclic amines) is 1. The zero-order valence-electron chi connectivity index (χ0n) is 9.69. The second kappa shape index (κ2) is 5.85. The Labute approximate surface area is 97.2 Å². The van der Waals surface area contributed by atoms with Crippen LogP contribution in [-0.4, -0.2) is 37.0 Å². The minimum atomic E-state index is -0.0404. The van der Waals surface area contributed by atoms with E-state index in [1.165, 1.54) is 32.4 Å². The molecule has 1 aliphatic carbocycles. The standard InChI is InChI=1S/C13H20N2O/c16-13(12-6-2-3-7-12)14-8-11-15-9-4-1-5-10-15/h2-3,6-7,12H,1,4-5,8-11H2,(H,14,16). The normalized spacial score (nSPS) is 21.5. The summed E-state index contributed by atoms with van der Waals surface area (Å²) in [5.74, 6) is 0.0864. The number of nitrogens with one attached hydrogen (secondary N) is 1. The van der Waals surface area contributed by atoms with E-state index in [9.17, 15) is 4.79 Å². The number of carbonyl (C=O) groups is 1. The van der Waals surface area contributed by atoms with Crippen molar-refractivity contribution in [1.82, 2.24) is 10.2 Å². The molecule has 0 spiro atoms. The quantitative estimate of drug-likeness (QED) is 0.775. The molecule has 0 radical (unpaired) electrons. The first kappa shape index (κ1) is 11.4. The van der Waals surface area contributed by atoms with Gasteiger partial charge in [-0.1, -0.05) is 30.7 Å². The summed E-state index contributed by atoms with van der Waals surface area (Å²) in [7, 11) is 0. The van der Waals surface area contributed by atoms with E-state index in [2.05, 4.69) is 10.2 Å². The Bertz CT molecular complexity index is 278. The fraction of sp³-hybridized carbons (Fsp3) is 0.615. The zero-order valence-corrected chi connectivity index (χ0v) is 9.69. The van der Waals surface area contributed by atoms with Gasteiger partial charge >= 0.3 is 0 Å². The zero-order chi connectivity index (χ0) is 11.2. The maximum atomic E-state index is 11.7. The molecule has 0 atom stereocenters. The first-order valence-electron chi connectivity index (χ1n) is 6.21. The number of piperidine rings is 1. The molecule has 1 amide bonds. The Balaban J connectivity index is 1.61. The van der Waals surface area contributed by atoms with Crippen LogP contribution in [0.5, 0.6) is 0 Å². The maximum absolute atomic E-state index is 11.7. The van der Waals surface area contributed by atoms with Crippen LogP contribution in [0.3, 0.4) is 0 Å². The lowest BCUT2D eigenvalue weighted by atomic mass is 10.1. The van der Waals surface area contributed by atoms with Gasteiger partial charge in [0.2, 0.25) is 5.91 Å². The molecular formula is C13H20N2O. The van der Waals surface area contributed by atoms with Crippen molar-refractivity contribution in [2.75, 3.05) is 26.2 Å². The van der Waals surface area contributed by atoms with Crippen LogP contribution in [0.4, 0.5) is 0 Å². The van der Waals surface area contributed by atoms with Crippen LogP contribution < -0.4 is 5.32 Å². The predicted molar refractivity (Wildman–Crippen MR) is 65.1 cm³/mol. The summed E-state index contributed by atoms with van der Waals surface area (Å²) in [4.78, 5) is 14.1. The van der Waals surface area contributed by atoms with Gasteiger partial charge in [0.1, 0.15) is 0 Å². The molecule has 1 fully saturated rings. The van der Waals surface area contributed by atoms with E-state index in [0.29, 0.717) is 0 Å². The third-order valence-corrected chi connectivity index (χ3v) is 3.23. The van der Waals surface area contributed by atoms with Gasteiger partial charge in [-0.3, -0.25) is 4.79 Å². The fourth-order valence-electron chi connectivity index (χ4n) is 2.24. The largest absolute Gasteiger partial charge is 0.354 e. The second-order valence-electron chi connectivity index (χ2n) is 4.49. The predicted octanol–water partition coefficient (Wildman–Crippen LogP) is 1.33. The van der Waals surface area contributed by atoms with E-state index in [1.807, 2.05) is 24.3 Å². The summed E-state index contributed by atoms with van der Waals surface area (Å²) in [5.41, 5.74) is 0. The number of hydrogen-bond donors (Lipinski definition) is 1. The molecule has 1 N–H and O–H groups in total. The maximum Gasteiger partial charge on any atom is 0.230 e. The third kappa shape index (κ3) is 3.20. The van der Waals surface area contributed by atoms with Gasteiger partial charge in [-0.15, -0.1) is 0 Å². The SMILES string of the molecule is O=C(NCCN1CCCCC1)C1C=CC=C1. The monoisotopic (exact) mass is 220 g/mol. The van der Waals surface area contributed by atoms with Crippen molar-refractivity contribution in [2.45, 2.75) is 19.3 Å². The minimum Gasteiger partial charge on any atom is -0.354 e. The van der Waals surface area contributed by atoms with Gasteiger partial charge in [-0.05, 0) is 25.9 Å². The highest BCUT2D eigenvalue weighted by Gasteiger charge is 2.14. The van der Waals surface area contributed by atoms with Crippen LogP contribution in [0.15, 0.2) is 24.3 Å². The van der Waals surface area contributed by atoms with Crippen molar-refractivity contribution in [3.05, 3.63) is 24.3 Å². The van der Waals surface area contributed by atoms with E-state index >= 15 is 0 Å². The van der Waals surface area contributed by atoms with Gasteiger partial charge in [0.25, 0.3) is 0 Å². The molecule has 1 saturated heterocycles. The third-order valence-electron chi connectivity index (χ3n) is 3.23. The summed E-state index contributed by atoms with van der Waals surface area (Å²) >= 11 is 0. The van der Waals surface area contributed by atoms with Crippen LogP contribution in [0.2, 0.25) is 0 Å². The smallest absolute Gasteiger partial charge is 0.230 e. The molecule has 2 rings (SSSR count). The van der Waals surface area contributed by atoms with Crippen LogP contribution in [-0.2, 0) is 4.79 Å². The number of nitrogens with zero attached hydrogens (tertiary/aromatic N) is 1. The summed E-state index contributed by atoms with van der Waals surface area (Å²) < 4.78 is 0. The van der Waals surface area contributed by atoms with E-state index in [4.69, 9.17) is 0 Å². The molecule has 0 saturated carbocycles. The first-order valence-corrected chi connectivity index (χ1v) is 6.21. The lowest BCUT2D eigenvalue weighted by Gasteiger charge is -2.26. The van der Waals surface area contributed by atoms with Gasteiger partial charge in [0.05, 0.1) is 5.92 Å². The number of rotatable bonds is 4. The Morgan fingerprint density at radius 3 is 2.56 bits per heavy atom. The molecular weight excluding hydrogens is 200 g/mol. The van der Waals surface area contributed by atoms with E-state index in [-0.39, 0.29) is 11.8 Å². The fourth-order valence-corrected chi connectivity index (χ4v) is 2.24. The van der Waals surface area contributed by atoms with Gasteiger partial charge in [0.15, 0.2) is 0 Å². The Morgan fingerprint density at radius 1 is 1.19 bits per heavy atom.